The molecule has 2 N–H and O–H groups in total. The van der Waals surface area contributed by atoms with E-state index < -0.39 is 0 Å². The number of rotatable bonds is 5. The summed E-state index contributed by atoms with van der Waals surface area (Å²) in [7, 11) is 0. The second kappa shape index (κ2) is 9.36. The van der Waals surface area contributed by atoms with Gasteiger partial charge in [0, 0.05) is 32.5 Å². The Balaban J connectivity index is 0.00000242. The predicted octanol–water partition coefficient (Wildman–Crippen LogP) is 1.42. The van der Waals surface area contributed by atoms with E-state index in [0.717, 1.165) is 50.9 Å². The summed E-state index contributed by atoms with van der Waals surface area (Å²) in [6, 6.07) is 0. The standard InChI is InChI=1S/C16H29N3O2.ClH/c1-12(2)9-15(20)18-6-3-16(21)19-7-4-13-10-17-11-14(13)5-8-19;/h12-14,17H,3-11H2,1-2H3,(H,18,20);1H/t13-,14+;. The molecule has 2 saturated heterocycles. The van der Waals surface area contributed by atoms with Crippen molar-refractivity contribution in [1.29, 1.82) is 0 Å². The Hall–Kier alpha value is -0.810. The monoisotopic (exact) mass is 331 g/mol. The maximum Gasteiger partial charge on any atom is 0.224 e. The third-order valence-corrected chi connectivity index (χ3v) is 4.63. The Morgan fingerprint density at radius 2 is 1.77 bits per heavy atom. The average molecular weight is 332 g/mol. The minimum atomic E-state index is 0. The smallest absolute Gasteiger partial charge is 0.224 e. The third kappa shape index (κ3) is 5.76. The molecule has 2 atom stereocenters. The minimum absolute atomic E-state index is 0. The van der Waals surface area contributed by atoms with E-state index in [-0.39, 0.29) is 24.2 Å². The van der Waals surface area contributed by atoms with E-state index in [1.165, 1.54) is 0 Å². The van der Waals surface area contributed by atoms with E-state index in [2.05, 4.69) is 10.6 Å². The van der Waals surface area contributed by atoms with Gasteiger partial charge in [-0.15, -0.1) is 12.4 Å². The van der Waals surface area contributed by atoms with E-state index in [0.29, 0.717) is 25.3 Å². The number of likely N-dealkylation sites (tertiary alicyclic amines) is 1. The molecule has 0 saturated carbocycles. The zero-order valence-corrected chi connectivity index (χ0v) is 14.6. The van der Waals surface area contributed by atoms with Gasteiger partial charge in [-0.25, -0.2) is 0 Å². The van der Waals surface area contributed by atoms with E-state index >= 15 is 0 Å². The van der Waals surface area contributed by atoms with Crippen molar-refractivity contribution in [2.24, 2.45) is 17.8 Å². The lowest BCUT2D eigenvalue weighted by Crippen LogP contribution is -2.35. The summed E-state index contributed by atoms with van der Waals surface area (Å²) in [5.74, 6) is 2.09. The summed E-state index contributed by atoms with van der Waals surface area (Å²) in [5, 5.41) is 6.29. The molecule has 2 amide bonds. The van der Waals surface area contributed by atoms with Crippen molar-refractivity contribution < 1.29 is 9.59 Å². The highest BCUT2D eigenvalue weighted by Crippen LogP contribution is 2.27. The summed E-state index contributed by atoms with van der Waals surface area (Å²) < 4.78 is 0. The van der Waals surface area contributed by atoms with Crippen LogP contribution in [0.5, 0.6) is 0 Å². The molecule has 0 aromatic carbocycles. The van der Waals surface area contributed by atoms with Crippen LogP contribution in [-0.4, -0.2) is 49.4 Å². The van der Waals surface area contributed by atoms with Gasteiger partial charge in [-0.2, -0.15) is 0 Å². The lowest BCUT2D eigenvalue weighted by Gasteiger charge is -2.21. The van der Waals surface area contributed by atoms with Crippen LogP contribution in [0.25, 0.3) is 0 Å². The molecule has 0 aromatic rings. The van der Waals surface area contributed by atoms with Crippen molar-refractivity contribution in [3.63, 3.8) is 0 Å². The van der Waals surface area contributed by atoms with E-state index in [9.17, 15) is 9.59 Å². The molecule has 2 fully saturated rings. The molecule has 128 valence electrons. The highest BCUT2D eigenvalue weighted by Gasteiger charge is 2.31. The van der Waals surface area contributed by atoms with Gasteiger partial charge in [0.05, 0.1) is 0 Å². The average Bonchev–Trinajstić information content (AvgIpc) is 2.76. The van der Waals surface area contributed by atoms with Crippen LogP contribution in [0.1, 0.15) is 39.5 Å². The van der Waals surface area contributed by atoms with Crippen molar-refractivity contribution in [1.82, 2.24) is 15.5 Å². The van der Waals surface area contributed by atoms with Crippen molar-refractivity contribution in [2.75, 3.05) is 32.7 Å². The van der Waals surface area contributed by atoms with E-state index in [4.69, 9.17) is 0 Å². The molecule has 5 nitrogen and oxygen atoms in total. The number of hydrogen-bond acceptors (Lipinski definition) is 3. The van der Waals surface area contributed by atoms with Crippen molar-refractivity contribution in [3.05, 3.63) is 0 Å². The lowest BCUT2D eigenvalue weighted by atomic mass is 9.92. The van der Waals surface area contributed by atoms with Crippen LogP contribution in [0, 0.1) is 17.8 Å². The van der Waals surface area contributed by atoms with E-state index in [1.54, 1.807) is 0 Å². The van der Waals surface area contributed by atoms with Gasteiger partial charge in [-0.05, 0) is 43.7 Å². The second-order valence-corrected chi connectivity index (χ2v) is 6.83. The maximum absolute atomic E-state index is 12.2. The van der Waals surface area contributed by atoms with Crippen LogP contribution < -0.4 is 10.6 Å². The summed E-state index contributed by atoms with van der Waals surface area (Å²) >= 11 is 0. The topological polar surface area (TPSA) is 61.4 Å². The molecule has 2 aliphatic heterocycles. The molecular weight excluding hydrogens is 302 g/mol. The number of halogens is 1. The molecule has 6 heteroatoms. The van der Waals surface area contributed by atoms with E-state index in [1.807, 2.05) is 18.7 Å². The van der Waals surface area contributed by atoms with Gasteiger partial charge in [-0.3, -0.25) is 9.59 Å². The first-order chi connectivity index (χ1) is 10.1. The highest BCUT2D eigenvalue weighted by atomic mass is 35.5. The third-order valence-electron chi connectivity index (χ3n) is 4.63. The fourth-order valence-electron chi connectivity index (χ4n) is 3.38. The van der Waals surface area contributed by atoms with Gasteiger partial charge in [0.2, 0.25) is 11.8 Å². The maximum atomic E-state index is 12.2. The Morgan fingerprint density at radius 1 is 1.18 bits per heavy atom. The van der Waals surface area contributed by atoms with Crippen molar-refractivity contribution in [3.8, 4) is 0 Å². The van der Waals surface area contributed by atoms with Gasteiger partial charge in [0.15, 0.2) is 0 Å². The van der Waals surface area contributed by atoms with Crippen LogP contribution in [-0.2, 0) is 9.59 Å². The van der Waals surface area contributed by atoms with Crippen LogP contribution in [0.15, 0.2) is 0 Å². The highest BCUT2D eigenvalue weighted by molar-refractivity contribution is 5.85. The normalized spacial score (nSPS) is 24.4. The number of amides is 2. The number of hydrogen-bond donors (Lipinski definition) is 2. The Kier molecular flexibility index (Phi) is 8.18. The van der Waals surface area contributed by atoms with Gasteiger partial charge in [0.25, 0.3) is 0 Å². The number of nitrogens with one attached hydrogen (secondary N) is 2. The van der Waals surface area contributed by atoms with Crippen LogP contribution in [0.4, 0.5) is 0 Å². The number of fused-ring (bicyclic) bond motifs is 1. The fraction of sp³-hybridized carbons (Fsp3) is 0.875. The fourth-order valence-corrected chi connectivity index (χ4v) is 3.38. The summed E-state index contributed by atoms with van der Waals surface area (Å²) in [5.41, 5.74) is 0. The lowest BCUT2D eigenvalue weighted by molar-refractivity contribution is -0.131. The predicted molar refractivity (Wildman–Crippen MR) is 90.0 cm³/mol. The Morgan fingerprint density at radius 3 is 2.32 bits per heavy atom. The molecule has 2 rings (SSSR count). The second-order valence-electron chi connectivity index (χ2n) is 6.83. The first kappa shape index (κ1) is 19.2. The van der Waals surface area contributed by atoms with Gasteiger partial charge >= 0.3 is 0 Å². The van der Waals surface area contributed by atoms with Crippen LogP contribution >= 0.6 is 12.4 Å². The molecule has 0 bridgehead atoms. The molecule has 2 aliphatic rings. The van der Waals surface area contributed by atoms with Crippen molar-refractivity contribution >= 4 is 24.2 Å². The van der Waals surface area contributed by atoms with Crippen LogP contribution in [0.2, 0.25) is 0 Å². The van der Waals surface area contributed by atoms with Crippen molar-refractivity contribution in [2.45, 2.75) is 39.5 Å². The summed E-state index contributed by atoms with van der Waals surface area (Å²) in [6.45, 7) is 8.48. The summed E-state index contributed by atoms with van der Waals surface area (Å²) in [6.07, 6.45) is 3.19. The molecule has 0 spiro atoms. The van der Waals surface area contributed by atoms with Gasteiger partial charge < -0.3 is 15.5 Å². The first-order valence-electron chi connectivity index (χ1n) is 8.31. The molecule has 2 heterocycles. The zero-order chi connectivity index (χ0) is 15.2. The SMILES string of the molecule is CC(C)CC(=O)NCCC(=O)N1CC[C@@H]2CNC[C@@H]2CC1.Cl. The summed E-state index contributed by atoms with van der Waals surface area (Å²) in [4.78, 5) is 25.8. The molecule has 0 aliphatic carbocycles. The minimum Gasteiger partial charge on any atom is -0.356 e. The largest absolute Gasteiger partial charge is 0.356 e. The molecular formula is C16H30ClN3O2. The molecule has 22 heavy (non-hydrogen) atoms. The number of carbonyl (C=O) groups is 2. The quantitative estimate of drug-likeness (QED) is 0.801. The molecule has 0 unspecified atom stereocenters. The zero-order valence-electron chi connectivity index (χ0n) is 13.8. The Bertz CT molecular complexity index is 362. The molecule has 0 aromatic heterocycles. The Labute approximate surface area is 140 Å². The number of carbonyl (C=O) groups excluding carboxylic acids is 2. The number of nitrogens with zero attached hydrogens (tertiary/aromatic N) is 1. The molecule has 0 radical (unpaired) electrons. The van der Waals surface area contributed by atoms with Crippen LogP contribution in [0.3, 0.4) is 0 Å². The first-order valence-corrected chi connectivity index (χ1v) is 8.31. The van der Waals surface area contributed by atoms with Gasteiger partial charge in [-0.1, -0.05) is 13.8 Å². The van der Waals surface area contributed by atoms with Gasteiger partial charge in [0.1, 0.15) is 0 Å².